The van der Waals surface area contributed by atoms with Crippen LogP contribution in [0.3, 0.4) is 0 Å². The van der Waals surface area contributed by atoms with E-state index in [0.29, 0.717) is 6.04 Å². The highest BCUT2D eigenvalue weighted by Crippen LogP contribution is 2.42. The van der Waals surface area contributed by atoms with Gasteiger partial charge in [0.1, 0.15) is 6.04 Å². The standard InChI is InChI=1S/C16H22BrN3O/c1-3-4-7-20(10-5-6-10)14-9-13-11(8-12(14)17)15(18-2)16(21)19-13/h8-10,15,18H,3-7H2,1-2H3,(H,19,21). The van der Waals surface area contributed by atoms with E-state index in [1.165, 1.54) is 31.4 Å². The largest absolute Gasteiger partial charge is 0.368 e. The van der Waals surface area contributed by atoms with Gasteiger partial charge in [-0.15, -0.1) is 0 Å². The average molecular weight is 352 g/mol. The Hall–Kier alpha value is -1.07. The Morgan fingerprint density at radius 2 is 2.19 bits per heavy atom. The minimum absolute atomic E-state index is 0.0306. The molecule has 1 saturated carbocycles. The number of benzene rings is 1. The smallest absolute Gasteiger partial charge is 0.246 e. The lowest BCUT2D eigenvalue weighted by Gasteiger charge is -2.26. The first-order valence-corrected chi connectivity index (χ1v) is 8.53. The Kier molecular flexibility index (Phi) is 4.22. The van der Waals surface area contributed by atoms with Crippen molar-refractivity contribution in [3.8, 4) is 0 Å². The van der Waals surface area contributed by atoms with E-state index >= 15 is 0 Å². The molecule has 1 amide bonds. The minimum atomic E-state index is -0.240. The van der Waals surface area contributed by atoms with Crippen LogP contribution in [0, 0.1) is 0 Å². The molecule has 1 fully saturated rings. The van der Waals surface area contributed by atoms with Crippen LogP contribution in [-0.2, 0) is 4.79 Å². The highest BCUT2D eigenvalue weighted by atomic mass is 79.9. The van der Waals surface area contributed by atoms with E-state index < -0.39 is 0 Å². The molecule has 5 heteroatoms. The van der Waals surface area contributed by atoms with Crippen molar-refractivity contribution < 1.29 is 4.79 Å². The van der Waals surface area contributed by atoms with Gasteiger partial charge in [-0.1, -0.05) is 13.3 Å². The predicted molar refractivity (Wildman–Crippen MR) is 89.8 cm³/mol. The van der Waals surface area contributed by atoms with Crippen molar-refractivity contribution in [2.45, 2.75) is 44.7 Å². The van der Waals surface area contributed by atoms with Gasteiger partial charge in [-0.05, 0) is 54.4 Å². The van der Waals surface area contributed by atoms with Gasteiger partial charge < -0.3 is 15.5 Å². The molecular weight excluding hydrogens is 330 g/mol. The van der Waals surface area contributed by atoms with E-state index in [-0.39, 0.29) is 11.9 Å². The minimum Gasteiger partial charge on any atom is -0.368 e. The van der Waals surface area contributed by atoms with Crippen LogP contribution in [0.15, 0.2) is 16.6 Å². The van der Waals surface area contributed by atoms with Gasteiger partial charge in [0.15, 0.2) is 0 Å². The summed E-state index contributed by atoms with van der Waals surface area (Å²) in [5, 5.41) is 6.06. The number of unbranched alkanes of at least 4 members (excludes halogenated alkanes) is 1. The molecule has 2 aliphatic rings. The molecule has 1 aliphatic heterocycles. The van der Waals surface area contributed by atoms with Crippen molar-refractivity contribution in [3.63, 3.8) is 0 Å². The van der Waals surface area contributed by atoms with E-state index in [1.807, 2.05) is 7.05 Å². The van der Waals surface area contributed by atoms with Gasteiger partial charge in [-0.2, -0.15) is 0 Å². The Morgan fingerprint density at radius 3 is 2.81 bits per heavy atom. The summed E-state index contributed by atoms with van der Waals surface area (Å²) in [6.45, 7) is 3.31. The molecule has 1 unspecified atom stereocenters. The van der Waals surface area contributed by atoms with E-state index in [0.717, 1.165) is 22.3 Å². The molecule has 0 aromatic heterocycles. The molecule has 1 heterocycles. The SMILES string of the molecule is CCCCN(c1cc2c(cc1Br)C(NC)C(=O)N2)C1CC1. The molecule has 21 heavy (non-hydrogen) atoms. The molecule has 1 aromatic carbocycles. The fourth-order valence-corrected chi connectivity index (χ4v) is 3.58. The molecule has 0 bridgehead atoms. The molecule has 1 atom stereocenters. The molecule has 1 aliphatic carbocycles. The van der Waals surface area contributed by atoms with Gasteiger partial charge in [-0.25, -0.2) is 0 Å². The van der Waals surface area contributed by atoms with E-state index in [2.05, 4.69) is 50.5 Å². The first-order valence-electron chi connectivity index (χ1n) is 7.74. The van der Waals surface area contributed by atoms with Crippen LogP contribution in [-0.4, -0.2) is 25.5 Å². The zero-order valence-electron chi connectivity index (χ0n) is 12.6. The van der Waals surface area contributed by atoms with Crippen LogP contribution in [0.4, 0.5) is 11.4 Å². The molecule has 0 radical (unpaired) electrons. The van der Waals surface area contributed by atoms with Gasteiger partial charge in [0.25, 0.3) is 0 Å². The molecule has 2 N–H and O–H groups in total. The third-order valence-electron chi connectivity index (χ3n) is 4.29. The Labute approximate surface area is 134 Å². The summed E-state index contributed by atoms with van der Waals surface area (Å²) in [7, 11) is 1.82. The van der Waals surface area contributed by atoms with Crippen LogP contribution in [0.5, 0.6) is 0 Å². The van der Waals surface area contributed by atoms with Gasteiger partial charge >= 0.3 is 0 Å². The summed E-state index contributed by atoms with van der Waals surface area (Å²) >= 11 is 3.71. The monoisotopic (exact) mass is 351 g/mol. The predicted octanol–water partition coefficient (Wildman–Crippen LogP) is 3.43. The number of amides is 1. The number of nitrogens with one attached hydrogen (secondary N) is 2. The van der Waals surface area contributed by atoms with Crippen LogP contribution >= 0.6 is 15.9 Å². The summed E-state index contributed by atoms with van der Waals surface area (Å²) in [6, 6.07) is 4.65. The number of anilines is 2. The van der Waals surface area contributed by atoms with Crippen molar-refractivity contribution >= 4 is 33.2 Å². The van der Waals surface area contributed by atoms with Crippen LogP contribution in [0.1, 0.15) is 44.2 Å². The first kappa shape index (κ1) is 14.9. The first-order chi connectivity index (χ1) is 10.2. The summed E-state index contributed by atoms with van der Waals surface area (Å²) in [4.78, 5) is 14.5. The number of halogens is 1. The lowest BCUT2D eigenvalue weighted by atomic mass is 10.1. The van der Waals surface area contributed by atoms with Crippen molar-refractivity contribution in [2.75, 3.05) is 23.8 Å². The van der Waals surface area contributed by atoms with Gasteiger partial charge in [0.05, 0.1) is 5.69 Å². The molecule has 0 spiro atoms. The van der Waals surface area contributed by atoms with Crippen molar-refractivity contribution in [1.29, 1.82) is 0 Å². The third kappa shape index (κ3) is 2.81. The van der Waals surface area contributed by atoms with Gasteiger partial charge in [0.2, 0.25) is 5.91 Å². The third-order valence-corrected chi connectivity index (χ3v) is 4.92. The molecule has 114 valence electrons. The molecule has 0 saturated heterocycles. The highest BCUT2D eigenvalue weighted by Gasteiger charge is 2.34. The number of rotatable bonds is 6. The zero-order valence-corrected chi connectivity index (χ0v) is 14.2. The Morgan fingerprint density at radius 1 is 1.43 bits per heavy atom. The van der Waals surface area contributed by atoms with E-state index in [1.54, 1.807) is 0 Å². The number of fused-ring (bicyclic) bond motifs is 1. The number of carbonyl (C=O) groups is 1. The van der Waals surface area contributed by atoms with Crippen molar-refractivity contribution in [1.82, 2.24) is 5.32 Å². The van der Waals surface area contributed by atoms with Crippen molar-refractivity contribution in [2.24, 2.45) is 0 Å². The maximum absolute atomic E-state index is 12.0. The second-order valence-electron chi connectivity index (χ2n) is 5.88. The number of hydrogen-bond donors (Lipinski definition) is 2. The summed E-state index contributed by atoms with van der Waals surface area (Å²) in [5.41, 5.74) is 3.19. The molecular formula is C16H22BrN3O. The number of nitrogens with zero attached hydrogens (tertiary/aromatic N) is 1. The second kappa shape index (κ2) is 5.97. The molecule has 4 nitrogen and oxygen atoms in total. The number of carbonyl (C=O) groups excluding carboxylic acids is 1. The lowest BCUT2D eigenvalue weighted by Crippen LogP contribution is -2.27. The number of likely N-dealkylation sites (N-methyl/N-ethyl adjacent to an activating group) is 1. The summed E-state index contributed by atoms with van der Waals surface area (Å²) in [5.74, 6) is 0.0306. The fraction of sp³-hybridized carbons (Fsp3) is 0.562. The van der Waals surface area contributed by atoms with Crippen LogP contribution < -0.4 is 15.5 Å². The zero-order chi connectivity index (χ0) is 15.0. The second-order valence-corrected chi connectivity index (χ2v) is 6.73. The van der Waals surface area contributed by atoms with Gasteiger partial charge in [-0.3, -0.25) is 4.79 Å². The van der Waals surface area contributed by atoms with E-state index in [9.17, 15) is 4.79 Å². The topological polar surface area (TPSA) is 44.4 Å². The average Bonchev–Trinajstić information content (AvgIpc) is 3.24. The van der Waals surface area contributed by atoms with Crippen LogP contribution in [0.2, 0.25) is 0 Å². The highest BCUT2D eigenvalue weighted by molar-refractivity contribution is 9.10. The fourth-order valence-electron chi connectivity index (χ4n) is 2.99. The van der Waals surface area contributed by atoms with Crippen molar-refractivity contribution in [3.05, 3.63) is 22.2 Å². The maximum atomic E-state index is 12.0. The maximum Gasteiger partial charge on any atom is 0.246 e. The molecule has 3 rings (SSSR count). The van der Waals surface area contributed by atoms with Gasteiger partial charge in [0, 0.05) is 28.3 Å². The Bertz CT molecular complexity index is 557. The molecule has 1 aromatic rings. The quantitative estimate of drug-likeness (QED) is 0.825. The van der Waals surface area contributed by atoms with E-state index in [4.69, 9.17) is 0 Å². The summed E-state index contributed by atoms with van der Waals surface area (Å²) < 4.78 is 1.08. The Balaban J connectivity index is 1.93. The lowest BCUT2D eigenvalue weighted by molar-refractivity contribution is -0.117. The number of hydrogen-bond acceptors (Lipinski definition) is 3. The summed E-state index contributed by atoms with van der Waals surface area (Å²) in [6.07, 6.45) is 4.95. The normalized spacial score (nSPS) is 20.3. The van der Waals surface area contributed by atoms with Crippen LogP contribution in [0.25, 0.3) is 0 Å².